The van der Waals surface area contributed by atoms with E-state index in [0.29, 0.717) is 12.8 Å². The van der Waals surface area contributed by atoms with Crippen molar-refractivity contribution >= 4 is 16.0 Å². The van der Waals surface area contributed by atoms with Gasteiger partial charge in [0.2, 0.25) is 10.0 Å². The molecule has 0 amide bonds. The summed E-state index contributed by atoms with van der Waals surface area (Å²) < 4.78 is 26.1. The maximum atomic E-state index is 12.5. The van der Waals surface area contributed by atoms with Crippen molar-refractivity contribution in [2.24, 2.45) is 5.41 Å². The second-order valence-electron chi connectivity index (χ2n) is 5.02. The fourth-order valence-electron chi connectivity index (χ4n) is 2.40. The van der Waals surface area contributed by atoms with Gasteiger partial charge in [0, 0.05) is 19.3 Å². The molecule has 1 aliphatic heterocycles. The number of carbonyl (C=O) groups is 1. The molecule has 1 fully saturated rings. The molecule has 0 aromatic carbocycles. The van der Waals surface area contributed by atoms with Crippen LogP contribution < -0.4 is 0 Å². The van der Waals surface area contributed by atoms with Gasteiger partial charge in [0.1, 0.15) is 16.7 Å². The third-order valence-corrected chi connectivity index (χ3v) is 5.77. The third kappa shape index (κ3) is 2.62. The van der Waals surface area contributed by atoms with Crippen LogP contribution in [0.3, 0.4) is 0 Å². The number of aromatic nitrogens is 1. The number of aliphatic carboxylic acids is 1. The van der Waals surface area contributed by atoms with Crippen LogP contribution in [0.4, 0.5) is 0 Å². The Balaban J connectivity index is 2.29. The van der Waals surface area contributed by atoms with Crippen LogP contribution >= 0.6 is 0 Å². The van der Waals surface area contributed by atoms with Crippen molar-refractivity contribution in [2.45, 2.75) is 24.7 Å². The molecule has 1 aromatic rings. The summed E-state index contributed by atoms with van der Waals surface area (Å²) in [7, 11) is -3.78. The maximum Gasteiger partial charge on any atom is 0.311 e. The van der Waals surface area contributed by atoms with Crippen molar-refractivity contribution in [3.05, 3.63) is 24.0 Å². The zero-order valence-corrected chi connectivity index (χ0v) is 12.3. The molecule has 0 bridgehead atoms. The van der Waals surface area contributed by atoms with Gasteiger partial charge in [-0.1, -0.05) is 6.92 Å². The zero-order valence-electron chi connectivity index (χ0n) is 11.5. The van der Waals surface area contributed by atoms with E-state index in [2.05, 4.69) is 4.98 Å². The first kappa shape index (κ1) is 15.4. The monoisotopic (exact) mass is 309 g/mol. The minimum atomic E-state index is -3.78. The molecule has 2 rings (SSSR count). The van der Waals surface area contributed by atoms with Crippen molar-refractivity contribution in [1.82, 2.24) is 9.29 Å². The van der Waals surface area contributed by atoms with Crippen molar-refractivity contribution < 1.29 is 18.3 Å². The van der Waals surface area contributed by atoms with E-state index in [1.165, 1.54) is 16.4 Å². The Labute approximate surface area is 122 Å². The lowest BCUT2D eigenvalue weighted by atomic mass is 9.85. The summed E-state index contributed by atoms with van der Waals surface area (Å²) in [6, 6.07) is 4.45. The van der Waals surface area contributed by atoms with Crippen LogP contribution in [-0.2, 0) is 14.8 Å². The number of carboxylic acids is 1. The van der Waals surface area contributed by atoms with E-state index in [0.717, 1.165) is 6.20 Å². The van der Waals surface area contributed by atoms with Crippen LogP contribution in [-0.4, -0.2) is 41.9 Å². The van der Waals surface area contributed by atoms with E-state index in [4.69, 9.17) is 5.26 Å². The number of rotatable bonds is 4. The quantitative estimate of drug-likeness (QED) is 0.881. The fraction of sp³-hybridized carbons (Fsp3) is 0.462. The SMILES string of the molecule is CCC1(C(=O)O)CCN(S(=O)(=O)c2ccc(C#N)nc2)C1. The van der Waals surface area contributed by atoms with E-state index in [-0.39, 0.29) is 23.7 Å². The Bertz CT molecular complexity index is 693. The Morgan fingerprint density at radius 2 is 2.29 bits per heavy atom. The standard InChI is InChI=1S/C13H15N3O4S/c1-2-13(12(17)18)5-6-16(9-13)21(19,20)11-4-3-10(7-14)15-8-11/h3-4,8H,2,5-6,9H2,1H3,(H,17,18). The molecule has 1 N–H and O–H groups in total. The van der Waals surface area contributed by atoms with E-state index in [1.54, 1.807) is 6.92 Å². The summed E-state index contributed by atoms with van der Waals surface area (Å²) in [5.74, 6) is -0.972. The number of sulfonamides is 1. The Morgan fingerprint density at radius 3 is 2.71 bits per heavy atom. The first-order chi connectivity index (χ1) is 9.85. The van der Waals surface area contributed by atoms with E-state index in [9.17, 15) is 18.3 Å². The molecule has 0 radical (unpaired) electrons. The lowest BCUT2D eigenvalue weighted by Gasteiger charge is -2.22. The van der Waals surface area contributed by atoms with E-state index < -0.39 is 21.4 Å². The van der Waals surface area contributed by atoms with Crippen LogP contribution in [0.15, 0.2) is 23.2 Å². The zero-order chi connectivity index (χ0) is 15.7. The van der Waals surface area contributed by atoms with Crippen LogP contribution in [0.1, 0.15) is 25.5 Å². The molecule has 0 spiro atoms. The fourth-order valence-corrected chi connectivity index (χ4v) is 3.87. The molecule has 1 atom stereocenters. The first-order valence-electron chi connectivity index (χ1n) is 6.45. The van der Waals surface area contributed by atoms with Gasteiger partial charge in [0.15, 0.2) is 0 Å². The van der Waals surface area contributed by atoms with Crippen molar-refractivity contribution in [3.8, 4) is 6.07 Å². The van der Waals surface area contributed by atoms with Gasteiger partial charge in [-0.2, -0.15) is 9.57 Å². The molecule has 8 heteroatoms. The number of hydrogen-bond acceptors (Lipinski definition) is 5. The maximum absolute atomic E-state index is 12.5. The second kappa shape index (κ2) is 5.42. The number of nitriles is 1. The minimum absolute atomic E-state index is 0.0289. The average molecular weight is 309 g/mol. The highest BCUT2D eigenvalue weighted by atomic mass is 32.2. The molecular formula is C13H15N3O4S. The summed E-state index contributed by atoms with van der Waals surface area (Å²) in [5.41, 5.74) is -0.892. The molecule has 1 unspecified atom stereocenters. The van der Waals surface area contributed by atoms with E-state index >= 15 is 0 Å². The summed E-state index contributed by atoms with van der Waals surface area (Å²) >= 11 is 0. The first-order valence-corrected chi connectivity index (χ1v) is 7.89. The van der Waals surface area contributed by atoms with Crippen molar-refractivity contribution in [1.29, 1.82) is 5.26 Å². The van der Waals surface area contributed by atoms with Gasteiger partial charge < -0.3 is 5.11 Å². The largest absolute Gasteiger partial charge is 0.481 e. The highest BCUT2D eigenvalue weighted by molar-refractivity contribution is 7.89. The normalized spacial score (nSPS) is 22.9. The number of pyridine rings is 1. The van der Waals surface area contributed by atoms with Crippen molar-refractivity contribution in [2.75, 3.05) is 13.1 Å². The summed E-state index contributed by atoms with van der Waals surface area (Å²) in [6.07, 6.45) is 1.79. The highest BCUT2D eigenvalue weighted by Crippen LogP contribution is 2.36. The van der Waals surface area contributed by atoms with Gasteiger partial charge in [-0.05, 0) is 25.0 Å². The smallest absolute Gasteiger partial charge is 0.311 e. The van der Waals surface area contributed by atoms with Gasteiger partial charge in [-0.3, -0.25) is 4.79 Å². The average Bonchev–Trinajstić information content (AvgIpc) is 2.94. The third-order valence-electron chi connectivity index (χ3n) is 3.94. The number of nitrogens with zero attached hydrogens (tertiary/aromatic N) is 3. The van der Waals surface area contributed by atoms with Gasteiger partial charge >= 0.3 is 5.97 Å². The number of hydrogen-bond donors (Lipinski definition) is 1. The Kier molecular flexibility index (Phi) is 3.98. The van der Waals surface area contributed by atoms with Gasteiger partial charge in [0.25, 0.3) is 0 Å². The molecule has 0 aliphatic carbocycles. The van der Waals surface area contributed by atoms with Gasteiger partial charge in [-0.25, -0.2) is 13.4 Å². The molecule has 0 saturated carbocycles. The van der Waals surface area contributed by atoms with Gasteiger partial charge in [-0.15, -0.1) is 0 Å². The summed E-state index contributed by atoms with van der Waals surface area (Å²) in [4.78, 5) is 15.1. The molecule has 1 aliphatic rings. The Morgan fingerprint density at radius 1 is 1.57 bits per heavy atom. The van der Waals surface area contributed by atoms with Crippen LogP contribution in [0.2, 0.25) is 0 Å². The van der Waals surface area contributed by atoms with Crippen LogP contribution in [0, 0.1) is 16.7 Å². The predicted octanol–water partition coefficient (Wildman–Crippen LogP) is 0.829. The topological polar surface area (TPSA) is 111 Å². The summed E-state index contributed by atoms with van der Waals surface area (Å²) in [5, 5.41) is 18.0. The lowest BCUT2D eigenvalue weighted by Crippen LogP contribution is -2.36. The molecule has 112 valence electrons. The minimum Gasteiger partial charge on any atom is -0.481 e. The number of carboxylic acid groups (broad SMARTS) is 1. The molecule has 1 aromatic heterocycles. The summed E-state index contributed by atoms with van der Waals surface area (Å²) in [6.45, 7) is 1.87. The highest BCUT2D eigenvalue weighted by Gasteiger charge is 2.47. The van der Waals surface area contributed by atoms with Crippen molar-refractivity contribution in [3.63, 3.8) is 0 Å². The van der Waals surface area contributed by atoms with Gasteiger partial charge in [0.05, 0.1) is 5.41 Å². The van der Waals surface area contributed by atoms with E-state index in [1.807, 2.05) is 6.07 Å². The van der Waals surface area contributed by atoms with Crippen LogP contribution in [0.25, 0.3) is 0 Å². The molecule has 21 heavy (non-hydrogen) atoms. The molecular weight excluding hydrogens is 294 g/mol. The second-order valence-corrected chi connectivity index (χ2v) is 6.96. The Hall–Kier alpha value is -1.98. The molecule has 1 saturated heterocycles. The predicted molar refractivity (Wildman–Crippen MR) is 72.7 cm³/mol. The lowest BCUT2D eigenvalue weighted by molar-refractivity contribution is -0.148. The molecule has 2 heterocycles. The molecule has 7 nitrogen and oxygen atoms in total. The van der Waals surface area contributed by atoms with Crippen LogP contribution in [0.5, 0.6) is 0 Å².